The second kappa shape index (κ2) is 11.8. The van der Waals surface area contributed by atoms with E-state index in [1.807, 2.05) is 30.3 Å². The summed E-state index contributed by atoms with van der Waals surface area (Å²) in [7, 11) is 0. The zero-order valence-electron chi connectivity index (χ0n) is 16.6. The molecule has 30 heavy (non-hydrogen) atoms. The highest BCUT2D eigenvalue weighted by Gasteiger charge is 2.27. The Morgan fingerprint density at radius 1 is 1.27 bits per heavy atom. The predicted octanol–water partition coefficient (Wildman–Crippen LogP) is 2.25. The third kappa shape index (κ3) is 7.04. The van der Waals surface area contributed by atoms with Crippen LogP contribution in [0.15, 0.2) is 49.2 Å². The van der Waals surface area contributed by atoms with E-state index in [4.69, 9.17) is 17.3 Å². The maximum absolute atomic E-state index is 12.2. The standard InChI is InChI=1S/C15H21N5O3.C6H5Cl/c1-2-13(22)20-7-4-10(5-8-20)14-11(9-18-19-14)15(23)17-6-3-12(16)21;7-6-4-2-1-3-5-6/h2,9-10H,1,3-8H2,(H2,16,21)(H,17,23)(H,18,19);1-5H. The van der Waals surface area contributed by atoms with Gasteiger partial charge in [0.15, 0.2) is 0 Å². The lowest BCUT2D eigenvalue weighted by molar-refractivity contribution is -0.127. The quantitative estimate of drug-likeness (QED) is 0.607. The molecular weight excluding hydrogens is 406 g/mol. The van der Waals surface area contributed by atoms with Gasteiger partial charge < -0.3 is 16.0 Å². The number of carbonyl (C=O) groups excluding carboxylic acids is 3. The van der Waals surface area contributed by atoms with E-state index in [0.29, 0.717) is 18.7 Å². The number of carbonyl (C=O) groups is 3. The zero-order valence-corrected chi connectivity index (χ0v) is 17.4. The number of benzene rings is 1. The van der Waals surface area contributed by atoms with Crippen molar-refractivity contribution in [3.05, 3.63) is 65.5 Å². The predicted molar refractivity (Wildman–Crippen MR) is 115 cm³/mol. The average molecular weight is 432 g/mol. The Morgan fingerprint density at radius 2 is 1.93 bits per heavy atom. The van der Waals surface area contributed by atoms with Crippen molar-refractivity contribution < 1.29 is 14.4 Å². The van der Waals surface area contributed by atoms with Crippen molar-refractivity contribution in [2.45, 2.75) is 25.2 Å². The second-order valence-corrected chi connectivity index (χ2v) is 7.21. The van der Waals surface area contributed by atoms with Gasteiger partial charge in [-0.3, -0.25) is 19.5 Å². The fourth-order valence-electron chi connectivity index (χ4n) is 3.12. The highest BCUT2D eigenvalue weighted by Crippen LogP contribution is 2.28. The molecule has 1 aromatic carbocycles. The Kier molecular flexibility index (Phi) is 9.08. The molecule has 0 unspecified atom stereocenters. The van der Waals surface area contributed by atoms with Crippen LogP contribution in [0.2, 0.25) is 5.02 Å². The number of nitrogens with two attached hydrogens (primary N) is 1. The molecule has 9 heteroatoms. The van der Waals surface area contributed by atoms with Gasteiger partial charge >= 0.3 is 0 Å². The van der Waals surface area contributed by atoms with Crippen molar-refractivity contribution in [3.63, 3.8) is 0 Å². The highest BCUT2D eigenvalue weighted by atomic mass is 35.5. The topological polar surface area (TPSA) is 121 Å². The molecule has 0 spiro atoms. The number of aromatic amines is 1. The molecule has 0 aliphatic carbocycles. The van der Waals surface area contributed by atoms with Crippen molar-refractivity contribution in [1.29, 1.82) is 0 Å². The number of likely N-dealkylation sites (tertiary alicyclic amines) is 1. The molecule has 160 valence electrons. The minimum absolute atomic E-state index is 0.0718. The van der Waals surface area contributed by atoms with E-state index in [1.165, 1.54) is 12.3 Å². The second-order valence-electron chi connectivity index (χ2n) is 6.77. The van der Waals surface area contributed by atoms with E-state index < -0.39 is 5.91 Å². The summed E-state index contributed by atoms with van der Waals surface area (Å²) in [5, 5.41) is 10.3. The first-order chi connectivity index (χ1) is 14.4. The summed E-state index contributed by atoms with van der Waals surface area (Å²) in [6.07, 6.45) is 4.40. The lowest BCUT2D eigenvalue weighted by atomic mass is 9.91. The van der Waals surface area contributed by atoms with E-state index in [0.717, 1.165) is 23.6 Å². The first kappa shape index (κ1) is 23.2. The van der Waals surface area contributed by atoms with Crippen molar-refractivity contribution in [1.82, 2.24) is 20.4 Å². The van der Waals surface area contributed by atoms with Gasteiger partial charge in [0.1, 0.15) is 0 Å². The third-order valence-electron chi connectivity index (χ3n) is 4.69. The van der Waals surface area contributed by atoms with Gasteiger partial charge in [0, 0.05) is 37.0 Å². The summed E-state index contributed by atoms with van der Waals surface area (Å²) in [6, 6.07) is 9.44. The van der Waals surface area contributed by atoms with Crippen LogP contribution in [0.1, 0.15) is 41.2 Å². The van der Waals surface area contributed by atoms with E-state index in [2.05, 4.69) is 22.1 Å². The fourth-order valence-corrected chi connectivity index (χ4v) is 3.26. The van der Waals surface area contributed by atoms with Gasteiger partial charge in [0.25, 0.3) is 5.91 Å². The Labute approximate surface area is 180 Å². The van der Waals surface area contributed by atoms with Crippen molar-refractivity contribution in [2.75, 3.05) is 19.6 Å². The largest absolute Gasteiger partial charge is 0.370 e. The minimum Gasteiger partial charge on any atom is -0.370 e. The van der Waals surface area contributed by atoms with Gasteiger partial charge in [-0.25, -0.2) is 0 Å². The summed E-state index contributed by atoms with van der Waals surface area (Å²) in [5.74, 6) is -0.669. The van der Waals surface area contributed by atoms with Crippen LogP contribution in [-0.2, 0) is 9.59 Å². The molecule has 0 radical (unpaired) electrons. The molecule has 0 bridgehead atoms. The van der Waals surface area contributed by atoms with Gasteiger partial charge in [-0.1, -0.05) is 36.4 Å². The summed E-state index contributed by atoms with van der Waals surface area (Å²) in [6.45, 7) is 4.93. The van der Waals surface area contributed by atoms with Gasteiger partial charge in [-0.2, -0.15) is 5.10 Å². The number of H-pyrrole nitrogens is 1. The molecule has 4 N–H and O–H groups in total. The number of piperidine rings is 1. The summed E-state index contributed by atoms with van der Waals surface area (Å²) in [5.41, 5.74) is 6.29. The summed E-state index contributed by atoms with van der Waals surface area (Å²) in [4.78, 5) is 36.2. The van der Waals surface area contributed by atoms with E-state index >= 15 is 0 Å². The number of aromatic nitrogens is 2. The molecule has 0 atom stereocenters. The molecule has 1 aromatic heterocycles. The molecule has 8 nitrogen and oxygen atoms in total. The zero-order chi connectivity index (χ0) is 21.9. The molecule has 1 aliphatic heterocycles. The van der Waals surface area contributed by atoms with E-state index in [1.54, 1.807) is 4.90 Å². The molecule has 2 aromatic rings. The third-order valence-corrected chi connectivity index (χ3v) is 4.94. The van der Waals surface area contributed by atoms with Gasteiger partial charge in [-0.15, -0.1) is 0 Å². The molecule has 2 heterocycles. The number of nitrogens with one attached hydrogen (secondary N) is 2. The number of amides is 3. The highest BCUT2D eigenvalue weighted by molar-refractivity contribution is 6.30. The number of hydrogen-bond acceptors (Lipinski definition) is 4. The van der Waals surface area contributed by atoms with Crippen LogP contribution in [0.3, 0.4) is 0 Å². The fraction of sp³-hybridized carbons (Fsp3) is 0.333. The molecule has 1 aliphatic rings. The number of primary amides is 1. The van der Waals surface area contributed by atoms with E-state index in [9.17, 15) is 14.4 Å². The molecular formula is C21H26ClN5O3. The number of rotatable bonds is 6. The number of hydrogen-bond donors (Lipinski definition) is 3. The minimum atomic E-state index is -0.461. The molecule has 1 saturated heterocycles. The Hall–Kier alpha value is -3.13. The first-order valence-electron chi connectivity index (χ1n) is 9.64. The van der Waals surface area contributed by atoms with Crippen LogP contribution in [0.4, 0.5) is 0 Å². The van der Waals surface area contributed by atoms with Crippen LogP contribution in [0.5, 0.6) is 0 Å². The maximum atomic E-state index is 12.2. The SMILES string of the molecule is C=CC(=O)N1CCC(c2[nH]ncc2C(=O)NCCC(N)=O)CC1.Clc1ccccc1. The monoisotopic (exact) mass is 431 g/mol. The van der Waals surface area contributed by atoms with Crippen LogP contribution < -0.4 is 11.1 Å². The Balaban J connectivity index is 0.000000386. The van der Waals surface area contributed by atoms with Crippen LogP contribution >= 0.6 is 11.6 Å². The van der Waals surface area contributed by atoms with Crippen LogP contribution in [-0.4, -0.2) is 52.5 Å². The number of nitrogens with zero attached hydrogens (tertiary/aromatic N) is 2. The maximum Gasteiger partial charge on any atom is 0.254 e. The lowest BCUT2D eigenvalue weighted by Crippen LogP contribution is -2.37. The Bertz CT molecular complexity index is 861. The average Bonchev–Trinajstić information content (AvgIpc) is 3.24. The smallest absolute Gasteiger partial charge is 0.254 e. The summed E-state index contributed by atoms with van der Waals surface area (Å²) < 4.78 is 0. The molecule has 3 rings (SSSR count). The molecule has 3 amide bonds. The van der Waals surface area contributed by atoms with Gasteiger partial charge in [0.05, 0.1) is 17.5 Å². The molecule has 0 saturated carbocycles. The van der Waals surface area contributed by atoms with Gasteiger partial charge in [0.2, 0.25) is 11.8 Å². The molecule has 1 fully saturated rings. The number of halogens is 1. The van der Waals surface area contributed by atoms with Crippen molar-refractivity contribution in [2.24, 2.45) is 5.73 Å². The van der Waals surface area contributed by atoms with Crippen LogP contribution in [0.25, 0.3) is 0 Å². The summed E-state index contributed by atoms with van der Waals surface area (Å²) >= 11 is 5.54. The van der Waals surface area contributed by atoms with E-state index in [-0.39, 0.29) is 30.7 Å². The Morgan fingerprint density at radius 3 is 2.47 bits per heavy atom. The normalized spacial score (nSPS) is 13.7. The lowest BCUT2D eigenvalue weighted by Gasteiger charge is -2.31. The van der Waals surface area contributed by atoms with Gasteiger partial charge in [-0.05, 0) is 31.1 Å². The van der Waals surface area contributed by atoms with Crippen molar-refractivity contribution in [3.8, 4) is 0 Å². The van der Waals surface area contributed by atoms with Crippen molar-refractivity contribution >= 4 is 29.3 Å². The first-order valence-corrected chi connectivity index (χ1v) is 10.0. The van der Waals surface area contributed by atoms with Crippen LogP contribution in [0, 0.1) is 0 Å².